The second-order valence-electron chi connectivity index (χ2n) is 4.44. The largest absolute Gasteiger partial charge is 0.469 e. The van der Waals surface area contributed by atoms with Gasteiger partial charge in [-0.25, -0.2) is 4.39 Å². The van der Waals surface area contributed by atoms with Gasteiger partial charge in [0.1, 0.15) is 11.6 Å². The van der Waals surface area contributed by atoms with E-state index in [1.54, 1.807) is 18.4 Å². The molecule has 18 heavy (non-hydrogen) atoms. The summed E-state index contributed by atoms with van der Waals surface area (Å²) in [5.41, 5.74) is 2.63. The Kier molecular flexibility index (Phi) is 3.82. The molecule has 0 aliphatic carbocycles. The molecular weight excluding hydrogens is 231 g/mol. The molecule has 1 heterocycles. The first-order valence-corrected chi connectivity index (χ1v) is 6.11. The van der Waals surface area contributed by atoms with E-state index in [0.29, 0.717) is 6.42 Å². The van der Waals surface area contributed by atoms with Crippen LogP contribution in [0.5, 0.6) is 0 Å². The zero-order valence-electron chi connectivity index (χ0n) is 10.6. The summed E-state index contributed by atoms with van der Waals surface area (Å²) in [5, 5.41) is 10.2. The molecule has 0 saturated carbocycles. The summed E-state index contributed by atoms with van der Waals surface area (Å²) in [5.74, 6) is 0.561. The minimum absolute atomic E-state index is 0.247. The third-order valence-corrected chi connectivity index (χ3v) is 3.18. The molecule has 0 spiro atoms. The molecule has 2 nitrogen and oxygen atoms in total. The first kappa shape index (κ1) is 12.8. The molecule has 1 atom stereocenters. The molecule has 0 radical (unpaired) electrons. The Hall–Kier alpha value is -1.61. The number of hydrogen-bond donors (Lipinski definition) is 1. The van der Waals surface area contributed by atoms with E-state index in [1.165, 1.54) is 12.1 Å². The van der Waals surface area contributed by atoms with Gasteiger partial charge < -0.3 is 9.52 Å². The van der Waals surface area contributed by atoms with Gasteiger partial charge >= 0.3 is 0 Å². The minimum atomic E-state index is -0.608. The number of furan rings is 1. The van der Waals surface area contributed by atoms with Crippen LogP contribution in [0.3, 0.4) is 0 Å². The van der Waals surface area contributed by atoms with Gasteiger partial charge in [0.05, 0.1) is 12.4 Å². The molecule has 0 bridgehead atoms. The standard InChI is InChI=1S/C15H17FO2/c1-3-15-13(6-7-18-15)14(17)9-11-4-5-12(16)8-10(11)2/h4-8,14,17H,3,9H2,1-2H3. The van der Waals surface area contributed by atoms with Crippen LogP contribution >= 0.6 is 0 Å². The first-order chi connectivity index (χ1) is 8.61. The van der Waals surface area contributed by atoms with E-state index in [2.05, 4.69) is 0 Å². The number of halogens is 1. The summed E-state index contributed by atoms with van der Waals surface area (Å²) < 4.78 is 18.3. The number of aliphatic hydroxyl groups excluding tert-OH is 1. The van der Waals surface area contributed by atoms with Crippen molar-refractivity contribution in [1.82, 2.24) is 0 Å². The fraction of sp³-hybridized carbons (Fsp3) is 0.333. The molecule has 0 amide bonds. The van der Waals surface area contributed by atoms with Crippen LogP contribution in [0, 0.1) is 12.7 Å². The zero-order valence-corrected chi connectivity index (χ0v) is 10.6. The van der Waals surface area contributed by atoms with E-state index in [-0.39, 0.29) is 5.82 Å². The molecule has 1 N–H and O–H groups in total. The predicted molar refractivity (Wildman–Crippen MR) is 67.9 cm³/mol. The highest BCUT2D eigenvalue weighted by molar-refractivity contribution is 5.29. The van der Waals surface area contributed by atoms with Gasteiger partial charge in [-0.2, -0.15) is 0 Å². The highest BCUT2D eigenvalue weighted by Crippen LogP contribution is 2.24. The summed E-state index contributed by atoms with van der Waals surface area (Å²) in [7, 11) is 0. The Labute approximate surface area is 106 Å². The number of aliphatic hydroxyl groups is 1. The lowest BCUT2D eigenvalue weighted by Gasteiger charge is -2.12. The van der Waals surface area contributed by atoms with E-state index >= 15 is 0 Å². The highest BCUT2D eigenvalue weighted by atomic mass is 19.1. The van der Waals surface area contributed by atoms with E-state index in [4.69, 9.17) is 4.42 Å². The Morgan fingerprint density at radius 3 is 2.78 bits per heavy atom. The molecule has 0 aliphatic heterocycles. The van der Waals surface area contributed by atoms with Gasteiger partial charge in [0.15, 0.2) is 0 Å². The SMILES string of the molecule is CCc1occc1C(O)Cc1ccc(F)cc1C. The van der Waals surface area contributed by atoms with Crippen molar-refractivity contribution in [2.75, 3.05) is 0 Å². The van der Waals surface area contributed by atoms with Gasteiger partial charge in [-0.3, -0.25) is 0 Å². The van der Waals surface area contributed by atoms with Crippen LogP contribution in [0.2, 0.25) is 0 Å². The summed E-state index contributed by atoms with van der Waals surface area (Å²) in [6.45, 7) is 3.83. The molecular formula is C15H17FO2. The summed E-state index contributed by atoms with van der Waals surface area (Å²) in [6.07, 6.45) is 2.21. The first-order valence-electron chi connectivity index (χ1n) is 6.11. The van der Waals surface area contributed by atoms with Gasteiger partial charge in [0.25, 0.3) is 0 Å². The Morgan fingerprint density at radius 2 is 2.11 bits per heavy atom. The van der Waals surface area contributed by atoms with Crippen molar-refractivity contribution in [2.24, 2.45) is 0 Å². The van der Waals surface area contributed by atoms with Crippen molar-refractivity contribution in [1.29, 1.82) is 0 Å². The molecule has 0 saturated heterocycles. The fourth-order valence-electron chi connectivity index (χ4n) is 2.14. The predicted octanol–water partition coefficient (Wildman–Crippen LogP) is 3.57. The molecule has 0 fully saturated rings. The maximum atomic E-state index is 13.0. The Bertz CT molecular complexity index is 531. The Balaban J connectivity index is 2.18. The summed E-state index contributed by atoms with van der Waals surface area (Å²) in [6, 6.07) is 6.42. The molecule has 2 aromatic rings. The van der Waals surface area contributed by atoms with Gasteiger partial charge in [-0.1, -0.05) is 13.0 Å². The molecule has 1 aromatic heterocycles. The topological polar surface area (TPSA) is 33.4 Å². The third-order valence-electron chi connectivity index (χ3n) is 3.18. The normalized spacial score (nSPS) is 12.7. The average Bonchev–Trinajstić information content (AvgIpc) is 2.81. The van der Waals surface area contributed by atoms with Crippen LogP contribution in [0.15, 0.2) is 34.9 Å². The van der Waals surface area contributed by atoms with Crippen LogP contribution in [-0.2, 0) is 12.8 Å². The third kappa shape index (κ3) is 2.62. The van der Waals surface area contributed by atoms with Crippen LogP contribution in [-0.4, -0.2) is 5.11 Å². The number of rotatable bonds is 4. The van der Waals surface area contributed by atoms with Crippen molar-refractivity contribution < 1.29 is 13.9 Å². The van der Waals surface area contributed by atoms with Crippen molar-refractivity contribution >= 4 is 0 Å². The molecule has 96 valence electrons. The van der Waals surface area contributed by atoms with E-state index in [1.807, 2.05) is 13.8 Å². The Morgan fingerprint density at radius 1 is 1.33 bits per heavy atom. The van der Waals surface area contributed by atoms with Crippen LogP contribution in [0.4, 0.5) is 4.39 Å². The smallest absolute Gasteiger partial charge is 0.123 e. The maximum absolute atomic E-state index is 13.0. The second kappa shape index (κ2) is 5.36. The molecule has 0 aliphatic rings. The summed E-state index contributed by atoms with van der Waals surface area (Å²) >= 11 is 0. The molecule has 1 aromatic carbocycles. The van der Waals surface area contributed by atoms with Crippen molar-refractivity contribution in [3.8, 4) is 0 Å². The van der Waals surface area contributed by atoms with Gasteiger partial charge in [-0.05, 0) is 36.2 Å². The van der Waals surface area contributed by atoms with Crippen LogP contribution < -0.4 is 0 Å². The number of benzene rings is 1. The van der Waals surface area contributed by atoms with E-state index in [0.717, 1.165) is 28.9 Å². The average molecular weight is 248 g/mol. The van der Waals surface area contributed by atoms with Crippen LogP contribution in [0.1, 0.15) is 35.5 Å². The second-order valence-corrected chi connectivity index (χ2v) is 4.44. The van der Waals surface area contributed by atoms with Crippen LogP contribution in [0.25, 0.3) is 0 Å². The number of hydrogen-bond acceptors (Lipinski definition) is 2. The monoisotopic (exact) mass is 248 g/mol. The van der Waals surface area contributed by atoms with Crippen molar-refractivity contribution in [2.45, 2.75) is 32.8 Å². The molecule has 3 heteroatoms. The maximum Gasteiger partial charge on any atom is 0.123 e. The van der Waals surface area contributed by atoms with Gasteiger partial charge in [0.2, 0.25) is 0 Å². The van der Waals surface area contributed by atoms with E-state index in [9.17, 15) is 9.50 Å². The lowest BCUT2D eigenvalue weighted by Crippen LogP contribution is -2.04. The van der Waals surface area contributed by atoms with Gasteiger partial charge in [0, 0.05) is 18.4 Å². The zero-order chi connectivity index (χ0) is 13.1. The summed E-state index contributed by atoms with van der Waals surface area (Å²) in [4.78, 5) is 0. The molecule has 2 rings (SSSR count). The lowest BCUT2D eigenvalue weighted by molar-refractivity contribution is 0.175. The minimum Gasteiger partial charge on any atom is -0.469 e. The fourth-order valence-corrected chi connectivity index (χ4v) is 2.14. The van der Waals surface area contributed by atoms with Gasteiger partial charge in [-0.15, -0.1) is 0 Å². The van der Waals surface area contributed by atoms with Crippen molar-refractivity contribution in [3.05, 3.63) is 58.8 Å². The lowest BCUT2D eigenvalue weighted by atomic mass is 9.98. The highest BCUT2D eigenvalue weighted by Gasteiger charge is 2.15. The number of aryl methyl sites for hydroxylation is 2. The van der Waals surface area contributed by atoms with E-state index < -0.39 is 6.10 Å². The quantitative estimate of drug-likeness (QED) is 0.897. The molecule has 1 unspecified atom stereocenters. The van der Waals surface area contributed by atoms with Crippen molar-refractivity contribution in [3.63, 3.8) is 0 Å².